The van der Waals surface area contributed by atoms with E-state index in [1.165, 1.54) is 12.1 Å². The van der Waals surface area contributed by atoms with Crippen molar-refractivity contribution in [3.63, 3.8) is 0 Å². The molecule has 0 spiro atoms. The Morgan fingerprint density at radius 2 is 2.00 bits per heavy atom. The van der Waals surface area contributed by atoms with Gasteiger partial charge in [0.2, 0.25) is 5.91 Å². The molecule has 1 aromatic rings. The third-order valence-corrected chi connectivity index (χ3v) is 5.91. The van der Waals surface area contributed by atoms with Crippen LogP contribution in [0.5, 0.6) is 11.5 Å². The van der Waals surface area contributed by atoms with Crippen LogP contribution in [0.25, 0.3) is 0 Å². The zero-order chi connectivity index (χ0) is 18.0. The van der Waals surface area contributed by atoms with E-state index in [0.29, 0.717) is 31.1 Å². The summed E-state index contributed by atoms with van der Waals surface area (Å²) < 4.78 is 33.5. The van der Waals surface area contributed by atoms with Gasteiger partial charge in [0, 0.05) is 11.6 Å². The van der Waals surface area contributed by atoms with Gasteiger partial charge in [-0.3, -0.25) is 9.59 Å². The zero-order valence-electron chi connectivity index (χ0n) is 13.2. The first kappa shape index (κ1) is 17.8. The van der Waals surface area contributed by atoms with Crippen molar-refractivity contribution < 1.29 is 27.5 Å². The SMILES string of the molecule is O=C(CNC(=O)c1cc(Cl)c2c(c1)OCCO2)N[C@H]1CCS(=O)(=O)C1. The summed E-state index contributed by atoms with van der Waals surface area (Å²) in [6.45, 7) is 0.484. The molecule has 136 valence electrons. The van der Waals surface area contributed by atoms with Crippen LogP contribution in [0.1, 0.15) is 16.8 Å². The van der Waals surface area contributed by atoms with Crippen LogP contribution in [0, 0.1) is 0 Å². The molecule has 1 atom stereocenters. The van der Waals surface area contributed by atoms with E-state index in [1.54, 1.807) is 0 Å². The van der Waals surface area contributed by atoms with E-state index in [4.69, 9.17) is 21.1 Å². The van der Waals surface area contributed by atoms with Crippen LogP contribution >= 0.6 is 11.6 Å². The Labute approximate surface area is 149 Å². The first-order chi connectivity index (χ1) is 11.8. The normalized spacial score (nSPS) is 20.8. The quantitative estimate of drug-likeness (QED) is 0.759. The van der Waals surface area contributed by atoms with Gasteiger partial charge in [-0.15, -0.1) is 0 Å². The Morgan fingerprint density at radius 1 is 1.24 bits per heavy atom. The number of halogens is 1. The van der Waals surface area contributed by atoms with Crippen molar-refractivity contribution in [1.82, 2.24) is 10.6 Å². The van der Waals surface area contributed by atoms with Crippen LogP contribution in [0.4, 0.5) is 0 Å². The van der Waals surface area contributed by atoms with E-state index < -0.39 is 27.7 Å². The lowest BCUT2D eigenvalue weighted by atomic mass is 10.1. The van der Waals surface area contributed by atoms with Crippen molar-refractivity contribution >= 4 is 33.3 Å². The number of sulfone groups is 1. The van der Waals surface area contributed by atoms with Gasteiger partial charge in [-0.1, -0.05) is 11.6 Å². The Bertz CT molecular complexity index is 810. The van der Waals surface area contributed by atoms with Crippen molar-refractivity contribution in [1.29, 1.82) is 0 Å². The average Bonchev–Trinajstić information content (AvgIpc) is 2.91. The number of hydrogen-bond donors (Lipinski definition) is 2. The first-order valence-corrected chi connectivity index (χ1v) is 9.91. The van der Waals surface area contributed by atoms with Crippen LogP contribution in [-0.4, -0.2) is 57.5 Å². The van der Waals surface area contributed by atoms with Crippen molar-refractivity contribution in [3.8, 4) is 11.5 Å². The summed E-state index contributed by atoms with van der Waals surface area (Å²) >= 11 is 6.07. The van der Waals surface area contributed by atoms with Crippen LogP contribution in [0.2, 0.25) is 5.02 Å². The fourth-order valence-electron chi connectivity index (χ4n) is 2.69. The third-order valence-electron chi connectivity index (χ3n) is 3.87. The van der Waals surface area contributed by atoms with Gasteiger partial charge < -0.3 is 20.1 Å². The molecule has 0 saturated carbocycles. The fourth-order valence-corrected chi connectivity index (χ4v) is 4.63. The largest absolute Gasteiger partial charge is 0.486 e. The Balaban J connectivity index is 1.56. The number of fused-ring (bicyclic) bond motifs is 1. The second-order valence-electron chi connectivity index (χ2n) is 5.83. The fraction of sp³-hybridized carbons (Fsp3) is 0.467. The van der Waals surface area contributed by atoms with Gasteiger partial charge in [-0.25, -0.2) is 8.42 Å². The maximum atomic E-state index is 12.2. The van der Waals surface area contributed by atoms with Gasteiger partial charge in [0.15, 0.2) is 21.3 Å². The number of nitrogens with one attached hydrogen (secondary N) is 2. The Hall–Kier alpha value is -2.00. The van der Waals surface area contributed by atoms with Crippen molar-refractivity contribution in [2.75, 3.05) is 31.3 Å². The third kappa shape index (κ3) is 4.35. The molecule has 2 aliphatic rings. The van der Waals surface area contributed by atoms with Crippen molar-refractivity contribution in [3.05, 3.63) is 22.7 Å². The molecule has 0 unspecified atom stereocenters. The second kappa shape index (κ2) is 7.09. The van der Waals surface area contributed by atoms with E-state index >= 15 is 0 Å². The molecule has 3 rings (SSSR count). The highest BCUT2D eigenvalue weighted by Gasteiger charge is 2.29. The van der Waals surface area contributed by atoms with Gasteiger partial charge in [0.25, 0.3) is 5.91 Å². The lowest BCUT2D eigenvalue weighted by Gasteiger charge is -2.20. The summed E-state index contributed by atoms with van der Waals surface area (Å²) in [7, 11) is -3.07. The molecule has 0 radical (unpaired) electrons. The molecule has 1 saturated heterocycles. The molecule has 0 bridgehead atoms. The molecule has 2 amide bonds. The van der Waals surface area contributed by atoms with Gasteiger partial charge in [0.1, 0.15) is 13.2 Å². The summed E-state index contributed by atoms with van der Waals surface area (Å²) in [4.78, 5) is 24.0. The maximum Gasteiger partial charge on any atom is 0.251 e. The van der Waals surface area contributed by atoms with Gasteiger partial charge in [-0.05, 0) is 18.6 Å². The number of carbonyl (C=O) groups excluding carboxylic acids is 2. The summed E-state index contributed by atoms with van der Waals surface area (Å²) in [6.07, 6.45) is 0.389. The molecule has 0 aliphatic carbocycles. The summed E-state index contributed by atoms with van der Waals surface area (Å²) in [5.74, 6) is -0.161. The van der Waals surface area contributed by atoms with Gasteiger partial charge in [0.05, 0.1) is 23.1 Å². The molecule has 2 aliphatic heterocycles. The molecule has 2 heterocycles. The minimum atomic E-state index is -3.07. The number of ether oxygens (including phenoxy) is 2. The standard InChI is InChI=1S/C15H17ClN2O6S/c16-11-5-9(6-12-14(11)24-3-2-23-12)15(20)17-7-13(19)18-10-1-4-25(21,22)8-10/h5-6,10H,1-4,7-8H2,(H,17,20)(H,18,19)/t10-/m0/s1. The highest BCUT2D eigenvalue weighted by molar-refractivity contribution is 7.91. The molecule has 2 N–H and O–H groups in total. The molecule has 25 heavy (non-hydrogen) atoms. The molecule has 1 aromatic carbocycles. The number of hydrogen-bond acceptors (Lipinski definition) is 6. The summed E-state index contributed by atoms with van der Waals surface area (Å²) in [5, 5.41) is 5.32. The smallest absolute Gasteiger partial charge is 0.251 e. The van der Waals surface area contributed by atoms with E-state index in [-0.39, 0.29) is 28.6 Å². The minimum Gasteiger partial charge on any atom is -0.486 e. The Morgan fingerprint density at radius 3 is 2.72 bits per heavy atom. The second-order valence-corrected chi connectivity index (χ2v) is 8.47. The van der Waals surface area contributed by atoms with Gasteiger partial charge in [-0.2, -0.15) is 0 Å². The predicted molar refractivity (Wildman–Crippen MR) is 90.0 cm³/mol. The number of carbonyl (C=O) groups is 2. The van der Waals surface area contributed by atoms with Crippen molar-refractivity contribution in [2.45, 2.75) is 12.5 Å². The first-order valence-electron chi connectivity index (χ1n) is 7.71. The van der Waals surface area contributed by atoms with Crippen LogP contribution in [0.15, 0.2) is 12.1 Å². The monoisotopic (exact) mass is 388 g/mol. The average molecular weight is 389 g/mol. The topological polar surface area (TPSA) is 111 Å². The molecule has 1 fully saturated rings. The predicted octanol–water partition coefficient (Wildman–Crippen LogP) is 0.144. The molecule has 10 heteroatoms. The molecular formula is C15H17ClN2O6S. The van der Waals surface area contributed by atoms with E-state index in [0.717, 1.165) is 0 Å². The zero-order valence-corrected chi connectivity index (χ0v) is 14.8. The van der Waals surface area contributed by atoms with Gasteiger partial charge >= 0.3 is 0 Å². The van der Waals surface area contributed by atoms with E-state index in [9.17, 15) is 18.0 Å². The maximum absolute atomic E-state index is 12.2. The van der Waals surface area contributed by atoms with Crippen LogP contribution in [0.3, 0.4) is 0 Å². The summed E-state index contributed by atoms with van der Waals surface area (Å²) in [6, 6.07) is 2.53. The molecular weight excluding hydrogens is 372 g/mol. The number of benzene rings is 1. The lowest BCUT2D eigenvalue weighted by Crippen LogP contribution is -2.42. The number of amides is 2. The number of rotatable bonds is 4. The highest BCUT2D eigenvalue weighted by atomic mass is 35.5. The lowest BCUT2D eigenvalue weighted by molar-refractivity contribution is -0.120. The Kier molecular flexibility index (Phi) is 5.05. The molecule has 0 aromatic heterocycles. The van der Waals surface area contributed by atoms with Crippen LogP contribution in [-0.2, 0) is 14.6 Å². The van der Waals surface area contributed by atoms with E-state index in [1.807, 2.05) is 0 Å². The summed E-state index contributed by atoms with van der Waals surface area (Å²) in [5.41, 5.74) is 0.241. The molecule has 8 nitrogen and oxygen atoms in total. The van der Waals surface area contributed by atoms with E-state index in [2.05, 4.69) is 10.6 Å². The van der Waals surface area contributed by atoms with Crippen molar-refractivity contribution in [2.24, 2.45) is 0 Å². The van der Waals surface area contributed by atoms with Crippen LogP contribution < -0.4 is 20.1 Å². The minimum absolute atomic E-state index is 0.0650. The highest BCUT2D eigenvalue weighted by Crippen LogP contribution is 2.38.